The maximum Gasteiger partial charge on any atom is 0.0387 e. The van der Waals surface area contributed by atoms with E-state index in [1.807, 2.05) is 105 Å². The second-order valence-electron chi connectivity index (χ2n) is 9.25. The monoisotopic (exact) mass is 558 g/mol. The van der Waals surface area contributed by atoms with Crippen LogP contribution in [0.3, 0.4) is 0 Å². The van der Waals surface area contributed by atoms with Crippen molar-refractivity contribution in [1.29, 1.82) is 0 Å². The van der Waals surface area contributed by atoms with Gasteiger partial charge in [0.15, 0.2) is 0 Å². The van der Waals surface area contributed by atoms with Crippen LogP contribution in [0.4, 0.5) is 5.69 Å². The number of hydrogen-bond acceptors (Lipinski definition) is 4. The van der Waals surface area contributed by atoms with Gasteiger partial charge in [0.05, 0.1) is 0 Å². The number of nitrogen functional groups attached to an aromatic ring is 1. The molecular weight excluding hydrogens is 512 g/mol. The quantitative estimate of drug-likeness (QED) is 0.155. The van der Waals surface area contributed by atoms with Gasteiger partial charge in [0.1, 0.15) is 0 Å². The standard InChI is InChI=1S/C32H39N3.C6H7N/c1-7-27(20-21-33)12-10-11-13-32(35)31-19-16-26(6)30(22-31)18-15-25(5)24(4)14-17-28(8-2)29(9-3)23-34;7-6-4-2-1-3-5-6/h7-11,13-23H,3-5,12,33-35H2,1-2,6H3;1-5H,7H2/b11-10-,17-14-,18-15-,21-20-,27-7-,28-8+,29-23+,32-13-;. The van der Waals surface area contributed by atoms with E-state index in [0.717, 1.165) is 56.7 Å². The van der Waals surface area contributed by atoms with Gasteiger partial charge in [0.2, 0.25) is 0 Å². The van der Waals surface area contributed by atoms with Gasteiger partial charge in [-0.05, 0) is 108 Å². The fourth-order valence-corrected chi connectivity index (χ4v) is 3.57. The molecule has 8 N–H and O–H groups in total. The van der Waals surface area contributed by atoms with E-state index in [4.69, 9.17) is 22.9 Å². The minimum atomic E-state index is 0.698. The van der Waals surface area contributed by atoms with Gasteiger partial charge >= 0.3 is 0 Å². The van der Waals surface area contributed by atoms with Gasteiger partial charge < -0.3 is 22.9 Å². The van der Waals surface area contributed by atoms with E-state index in [0.29, 0.717) is 5.70 Å². The van der Waals surface area contributed by atoms with Gasteiger partial charge in [-0.25, -0.2) is 0 Å². The van der Waals surface area contributed by atoms with Gasteiger partial charge in [-0.1, -0.05) is 105 Å². The van der Waals surface area contributed by atoms with Crippen LogP contribution < -0.4 is 22.9 Å². The van der Waals surface area contributed by atoms with Gasteiger partial charge in [-0.3, -0.25) is 0 Å². The molecule has 42 heavy (non-hydrogen) atoms. The molecule has 0 heterocycles. The Bertz CT molecular complexity index is 1440. The maximum absolute atomic E-state index is 6.33. The third kappa shape index (κ3) is 12.8. The number of para-hydroxylation sites is 1. The first-order chi connectivity index (χ1) is 20.2. The van der Waals surface area contributed by atoms with E-state index in [2.05, 4.69) is 44.9 Å². The fourth-order valence-electron chi connectivity index (χ4n) is 3.57. The number of hydrogen-bond donors (Lipinski definition) is 4. The molecule has 0 unspecified atom stereocenters. The molecule has 0 atom stereocenters. The summed E-state index contributed by atoms with van der Waals surface area (Å²) in [5.41, 5.74) is 32.1. The molecule has 0 amide bonds. The molecule has 0 saturated heterocycles. The Morgan fingerprint density at radius 1 is 0.857 bits per heavy atom. The Labute approximate surface area is 253 Å². The predicted molar refractivity (Wildman–Crippen MR) is 188 cm³/mol. The van der Waals surface area contributed by atoms with Crippen LogP contribution in [-0.4, -0.2) is 0 Å². The van der Waals surface area contributed by atoms with Crippen molar-refractivity contribution in [3.8, 4) is 0 Å². The van der Waals surface area contributed by atoms with Crippen LogP contribution in [0.5, 0.6) is 0 Å². The Balaban J connectivity index is 0.00000109. The first-order valence-electron chi connectivity index (χ1n) is 13.7. The van der Waals surface area contributed by atoms with Crippen molar-refractivity contribution in [1.82, 2.24) is 0 Å². The summed E-state index contributed by atoms with van der Waals surface area (Å²) < 4.78 is 0. The molecule has 0 aliphatic rings. The summed E-state index contributed by atoms with van der Waals surface area (Å²) in [5.74, 6) is 0. The summed E-state index contributed by atoms with van der Waals surface area (Å²) in [4.78, 5) is 0. The summed E-state index contributed by atoms with van der Waals surface area (Å²) >= 11 is 0. The second-order valence-corrected chi connectivity index (χ2v) is 9.25. The first-order valence-corrected chi connectivity index (χ1v) is 13.7. The molecule has 0 aromatic heterocycles. The van der Waals surface area contributed by atoms with E-state index in [-0.39, 0.29) is 0 Å². The van der Waals surface area contributed by atoms with Gasteiger partial charge in [-0.15, -0.1) is 0 Å². The summed E-state index contributed by atoms with van der Waals surface area (Å²) in [6, 6.07) is 15.7. The predicted octanol–water partition coefficient (Wildman–Crippen LogP) is 8.59. The lowest BCUT2D eigenvalue weighted by Crippen LogP contribution is -1.97. The highest BCUT2D eigenvalue weighted by Crippen LogP contribution is 2.20. The topological polar surface area (TPSA) is 104 Å². The van der Waals surface area contributed by atoms with Crippen LogP contribution in [0.2, 0.25) is 0 Å². The lowest BCUT2D eigenvalue weighted by molar-refractivity contribution is 1.26. The van der Waals surface area contributed by atoms with Crippen LogP contribution in [0.15, 0.2) is 169 Å². The molecular formula is C38H46N4. The van der Waals surface area contributed by atoms with Crippen LogP contribution in [0.1, 0.15) is 37.0 Å². The summed E-state index contributed by atoms with van der Waals surface area (Å²) in [6.07, 6.45) is 25.3. The molecule has 2 aromatic carbocycles. The van der Waals surface area contributed by atoms with Crippen molar-refractivity contribution in [2.75, 3.05) is 5.73 Å². The third-order valence-corrected chi connectivity index (χ3v) is 6.24. The highest BCUT2D eigenvalue weighted by molar-refractivity contribution is 5.69. The van der Waals surface area contributed by atoms with Crippen molar-refractivity contribution in [3.05, 3.63) is 186 Å². The number of nitrogens with two attached hydrogens (primary N) is 4. The molecule has 2 aromatic rings. The number of benzene rings is 2. The average Bonchev–Trinajstić information content (AvgIpc) is 3.00. The molecule has 2 rings (SSSR count). The van der Waals surface area contributed by atoms with Crippen molar-refractivity contribution in [2.45, 2.75) is 27.2 Å². The second kappa shape index (κ2) is 19.8. The normalized spacial score (nSPS) is 13.1. The molecule has 0 spiro atoms. The molecule has 0 saturated carbocycles. The third-order valence-electron chi connectivity index (χ3n) is 6.24. The average molecular weight is 559 g/mol. The van der Waals surface area contributed by atoms with Crippen LogP contribution in [-0.2, 0) is 0 Å². The summed E-state index contributed by atoms with van der Waals surface area (Å²) in [7, 11) is 0. The minimum Gasteiger partial charge on any atom is -0.405 e. The molecule has 0 aliphatic heterocycles. The lowest BCUT2D eigenvalue weighted by Gasteiger charge is -2.07. The summed E-state index contributed by atoms with van der Waals surface area (Å²) in [6.45, 7) is 18.1. The van der Waals surface area contributed by atoms with Gasteiger partial charge in [0, 0.05) is 17.6 Å². The van der Waals surface area contributed by atoms with Crippen LogP contribution >= 0.6 is 0 Å². The largest absolute Gasteiger partial charge is 0.405 e. The Morgan fingerprint density at radius 3 is 2.10 bits per heavy atom. The Hall–Kier alpha value is -5.22. The highest BCUT2D eigenvalue weighted by Gasteiger charge is 2.02. The molecule has 0 fully saturated rings. The van der Waals surface area contributed by atoms with E-state index in [1.165, 1.54) is 6.20 Å². The maximum atomic E-state index is 6.33. The Kier molecular flexibility index (Phi) is 16.4. The number of aryl methyl sites for hydroxylation is 1. The van der Waals surface area contributed by atoms with Crippen LogP contribution in [0, 0.1) is 6.92 Å². The number of allylic oxidation sites excluding steroid dienone is 15. The van der Waals surface area contributed by atoms with E-state index in [1.54, 1.807) is 12.3 Å². The first kappa shape index (κ1) is 34.8. The van der Waals surface area contributed by atoms with E-state index in [9.17, 15) is 0 Å². The van der Waals surface area contributed by atoms with Gasteiger partial charge in [0.25, 0.3) is 0 Å². The molecule has 4 heteroatoms. The number of rotatable bonds is 12. The molecule has 4 nitrogen and oxygen atoms in total. The lowest BCUT2D eigenvalue weighted by atomic mass is 10.00. The fraction of sp³-hybridized carbons (Fsp3) is 0.105. The smallest absolute Gasteiger partial charge is 0.0387 e. The molecule has 0 bridgehead atoms. The zero-order valence-electron chi connectivity index (χ0n) is 25.3. The molecule has 0 radical (unpaired) electrons. The van der Waals surface area contributed by atoms with Gasteiger partial charge in [-0.2, -0.15) is 0 Å². The zero-order valence-corrected chi connectivity index (χ0v) is 25.3. The zero-order chi connectivity index (χ0) is 31.3. The van der Waals surface area contributed by atoms with E-state index >= 15 is 0 Å². The SMILES string of the molecule is C=CC(=C\N)/C(/C=C\C(=C)C(=C)/C=C\c1cc(/C(N)=C/C=C\CC(/C=C\N)=C/C)ccc1C)=C/C.Nc1ccccc1. The van der Waals surface area contributed by atoms with E-state index < -0.39 is 0 Å². The summed E-state index contributed by atoms with van der Waals surface area (Å²) in [5, 5.41) is 0. The molecule has 0 aliphatic carbocycles. The minimum absolute atomic E-state index is 0.698. The van der Waals surface area contributed by atoms with Crippen molar-refractivity contribution in [2.24, 2.45) is 17.2 Å². The van der Waals surface area contributed by atoms with Crippen molar-refractivity contribution >= 4 is 17.5 Å². The number of anilines is 1. The van der Waals surface area contributed by atoms with Crippen molar-refractivity contribution < 1.29 is 0 Å². The Morgan fingerprint density at radius 2 is 1.55 bits per heavy atom. The molecule has 218 valence electrons. The highest BCUT2D eigenvalue weighted by atomic mass is 14.6. The van der Waals surface area contributed by atoms with Crippen molar-refractivity contribution in [3.63, 3.8) is 0 Å². The van der Waals surface area contributed by atoms with Crippen LogP contribution in [0.25, 0.3) is 11.8 Å².